The van der Waals surface area contributed by atoms with Gasteiger partial charge in [0.1, 0.15) is 4.88 Å². The second-order valence-electron chi connectivity index (χ2n) is 6.13. The molecule has 1 aliphatic rings. The van der Waals surface area contributed by atoms with E-state index in [2.05, 4.69) is 12.2 Å². The van der Waals surface area contributed by atoms with E-state index in [-0.39, 0.29) is 6.61 Å². The van der Waals surface area contributed by atoms with Crippen molar-refractivity contribution in [1.82, 2.24) is 0 Å². The lowest BCUT2D eigenvalue weighted by molar-refractivity contribution is -0.119. The first kappa shape index (κ1) is 18.2. The first-order valence-electron chi connectivity index (χ1n) is 7.96. The summed E-state index contributed by atoms with van der Waals surface area (Å²) in [6.07, 6.45) is 3.13. The molecule has 0 radical (unpaired) electrons. The number of nitrogens with one attached hydrogen (secondary N) is 1. The zero-order valence-electron chi connectivity index (χ0n) is 13.6. The molecule has 0 saturated heterocycles. The third-order valence-electron chi connectivity index (χ3n) is 4.09. The van der Waals surface area contributed by atoms with E-state index in [4.69, 9.17) is 27.9 Å². The van der Waals surface area contributed by atoms with E-state index in [0.29, 0.717) is 26.5 Å². The highest BCUT2D eigenvalue weighted by Crippen LogP contribution is 2.32. The van der Waals surface area contributed by atoms with Crippen LogP contribution in [-0.2, 0) is 22.4 Å². The quantitative estimate of drug-likeness (QED) is 0.740. The number of rotatable bonds is 4. The molecular formula is C18H17Cl2NO3S. The van der Waals surface area contributed by atoms with Gasteiger partial charge in [0.05, 0.1) is 15.7 Å². The lowest BCUT2D eigenvalue weighted by atomic mass is 9.90. The van der Waals surface area contributed by atoms with Gasteiger partial charge in [0, 0.05) is 4.88 Å². The lowest BCUT2D eigenvalue weighted by Crippen LogP contribution is -2.21. The summed E-state index contributed by atoms with van der Waals surface area (Å²) < 4.78 is 5.12. The number of esters is 1. The SMILES string of the molecule is C[C@@H]1CCc2sc(C(=O)OCC(=O)Nc3c(Cl)cccc3Cl)cc2C1. The first-order chi connectivity index (χ1) is 11.9. The molecule has 7 heteroatoms. The van der Waals surface area contributed by atoms with Gasteiger partial charge in [-0.25, -0.2) is 4.79 Å². The molecule has 1 aliphatic carbocycles. The lowest BCUT2D eigenvalue weighted by Gasteiger charge is -2.16. The second kappa shape index (κ2) is 7.77. The molecule has 4 nitrogen and oxygen atoms in total. The maximum Gasteiger partial charge on any atom is 0.348 e. The number of benzene rings is 1. The number of fused-ring (bicyclic) bond motifs is 1. The summed E-state index contributed by atoms with van der Waals surface area (Å²) in [7, 11) is 0. The molecule has 1 atom stereocenters. The van der Waals surface area contributed by atoms with Crippen LogP contribution in [0.15, 0.2) is 24.3 Å². The third kappa shape index (κ3) is 4.35. The molecule has 0 bridgehead atoms. The molecule has 1 aromatic heterocycles. The number of ether oxygens (including phenoxy) is 1. The molecule has 0 aliphatic heterocycles. The van der Waals surface area contributed by atoms with Crippen molar-refractivity contribution in [2.75, 3.05) is 11.9 Å². The molecular weight excluding hydrogens is 381 g/mol. The molecule has 3 rings (SSSR count). The minimum Gasteiger partial charge on any atom is -0.451 e. The van der Waals surface area contributed by atoms with Crippen molar-refractivity contribution in [2.24, 2.45) is 5.92 Å². The van der Waals surface area contributed by atoms with Gasteiger partial charge < -0.3 is 10.1 Å². The van der Waals surface area contributed by atoms with Crippen molar-refractivity contribution >= 4 is 52.1 Å². The van der Waals surface area contributed by atoms with Crippen molar-refractivity contribution in [3.8, 4) is 0 Å². The molecule has 0 spiro atoms. The maximum absolute atomic E-state index is 12.2. The smallest absolute Gasteiger partial charge is 0.348 e. The van der Waals surface area contributed by atoms with Crippen LogP contribution in [0.5, 0.6) is 0 Å². The standard InChI is InChI=1S/C18H17Cl2NO3S/c1-10-5-6-14-11(7-10)8-15(25-14)18(23)24-9-16(22)21-17-12(19)3-2-4-13(17)20/h2-4,8,10H,5-7,9H2,1H3,(H,21,22)/t10-/m1/s1. The molecule has 0 saturated carbocycles. The molecule has 1 amide bonds. The monoisotopic (exact) mass is 397 g/mol. The average molecular weight is 398 g/mol. The van der Waals surface area contributed by atoms with Gasteiger partial charge in [-0.3, -0.25) is 4.79 Å². The summed E-state index contributed by atoms with van der Waals surface area (Å²) >= 11 is 13.5. The van der Waals surface area contributed by atoms with Gasteiger partial charge in [-0.2, -0.15) is 0 Å². The Hall–Kier alpha value is -1.56. The Morgan fingerprint density at radius 1 is 1.32 bits per heavy atom. The van der Waals surface area contributed by atoms with Gasteiger partial charge in [-0.1, -0.05) is 36.2 Å². The Labute approximate surface area is 160 Å². The summed E-state index contributed by atoms with van der Waals surface area (Å²) in [5, 5.41) is 3.22. The van der Waals surface area contributed by atoms with Crippen LogP contribution in [0.2, 0.25) is 10.0 Å². The molecule has 0 unspecified atom stereocenters. The molecule has 1 N–H and O–H groups in total. The van der Waals surface area contributed by atoms with Crippen molar-refractivity contribution in [1.29, 1.82) is 0 Å². The van der Waals surface area contributed by atoms with Crippen molar-refractivity contribution in [2.45, 2.75) is 26.2 Å². The number of amides is 1. The fourth-order valence-corrected chi connectivity index (χ4v) is 4.40. The molecule has 1 heterocycles. The van der Waals surface area contributed by atoms with Gasteiger partial charge in [0.2, 0.25) is 0 Å². The number of para-hydroxylation sites is 1. The zero-order valence-corrected chi connectivity index (χ0v) is 15.9. The third-order valence-corrected chi connectivity index (χ3v) is 5.94. The number of hydrogen-bond acceptors (Lipinski definition) is 4. The van der Waals surface area contributed by atoms with Gasteiger partial charge in [-0.05, 0) is 48.9 Å². The summed E-state index contributed by atoms with van der Waals surface area (Å²) in [5.74, 6) is -0.331. The Balaban J connectivity index is 1.58. The highest BCUT2D eigenvalue weighted by atomic mass is 35.5. The molecule has 0 fully saturated rings. The van der Waals surface area contributed by atoms with E-state index in [1.807, 2.05) is 6.07 Å². The Bertz CT molecular complexity index is 798. The number of halogens is 2. The van der Waals surface area contributed by atoms with Crippen molar-refractivity contribution < 1.29 is 14.3 Å². The second-order valence-corrected chi connectivity index (χ2v) is 8.08. The Kier molecular flexibility index (Phi) is 5.67. The average Bonchev–Trinajstić information content (AvgIpc) is 2.99. The van der Waals surface area contributed by atoms with Crippen LogP contribution < -0.4 is 5.32 Å². The Morgan fingerprint density at radius 3 is 2.76 bits per heavy atom. The summed E-state index contributed by atoms with van der Waals surface area (Å²) in [4.78, 5) is 26.0. The highest BCUT2D eigenvalue weighted by molar-refractivity contribution is 7.14. The fourth-order valence-electron chi connectivity index (χ4n) is 2.80. The van der Waals surface area contributed by atoms with Crippen molar-refractivity contribution in [3.05, 3.63) is 49.6 Å². The fraction of sp³-hybridized carbons (Fsp3) is 0.333. The number of thiophene rings is 1. The maximum atomic E-state index is 12.2. The molecule has 2 aromatic rings. The first-order valence-corrected chi connectivity index (χ1v) is 9.54. The number of carbonyl (C=O) groups excluding carboxylic acids is 2. The van der Waals surface area contributed by atoms with Crippen LogP contribution in [0.4, 0.5) is 5.69 Å². The van der Waals surface area contributed by atoms with Gasteiger partial charge in [-0.15, -0.1) is 11.3 Å². The topological polar surface area (TPSA) is 55.4 Å². The van der Waals surface area contributed by atoms with Gasteiger partial charge in [0.25, 0.3) is 5.91 Å². The van der Waals surface area contributed by atoms with Crippen LogP contribution in [0.1, 0.15) is 33.5 Å². The number of aryl methyl sites for hydroxylation is 1. The number of hydrogen-bond donors (Lipinski definition) is 1. The van der Waals surface area contributed by atoms with Crippen LogP contribution >= 0.6 is 34.5 Å². The normalized spacial score (nSPS) is 16.2. The Morgan fingerprint density at radius 2 is 2.04 bits per heavy atom. The summed E-state index contributed by atoms with van der Waals surface area (Å²) in [6, 6.07) is 6.80. The van der Waals surface area contributed by atoms with E-state index in [9.17, 15) is 9.59 Å². The number of carbonyl (C=O) groups is 2. The minimum atomic E-state index is -0.488. The van der Waals surface area contributed by atoms with E-state index in [0.717, 1.165) is 19.3 Å². The predicted molar refractivity (Wildman–Crippen MR) is 101 cm³/mol. The van der Waals surface area contributed by atoms with E-state index >= 15 is 0 Å². The molecule has 25 heavy (non-hydrogen) atoms. The summed E-state index contributed by atoms with van der Waals surface area (Å²) in [6.45, 7) is 1.82. The van der Waals surface area contributed by atoms with E-state index < -0.39 is 11.9 Å². The molecule has 132 valence electrons. The summed E-state index contributed by atoms with van der Waals surface area (Å²) in [5.41, 5.74) is 1.54. The van der Waals surface area contributed by atoms with E-state index in [1.165, 1.54) is 21.8 Å². The van der Waals surface area contributed by atoms with Gasteiger partial charge in [0.15, 0.2) is 6.61 Å². The van der Waals surface area contributed by atoms with E-state index in [1.54, 1.807) is 18.2 Å². The minimum absolute atomic E-state index is 0.312. The molecule has 1 aromatic carbocycles. The van der Waals surface area contributed by atoms with Gasteiger partial charge >= 0.3 is 5.97 Å². The predicted octanol–water partition coefficient (Wildman–Crippen LogP) is 4.98. The largest absolute Gasteiger partial charge is 0.451 e. The van der Waals surface area contributed by atoms with Crippen LogP contribution in [0.25, 0.3) is 0 Å². The van der Waals surface area contributed by atoms with Crippen molar-refractivity contribution in [3.63, 3.8) is 0 Å². The number of anilines is 1. The van der Waals surface area contributed by atoms with Crippen LogP contribution in [0.3, 0.4) is 0 Å². The van der Waals surface area contributed by atoms with Crippen LogP contribution in [-0.4, -0.2) is 18.5 Å². The highest BCUT2D eigenvalue weighted by Gasteiger charge is 2.22. The van der Waals surface area contributed by atoms with Crippen LogP contribution in [0, 0.1) is 5.92 Å². The zero-order chi connectivity index (χ0) is 18.0.